The third-order valence-electron chi connectivity index (χ3n) is 3.93. The molecule has 2 aliphatic rings. The van der Waals surface area contributed by atoms with Crippen LogP contribution in [0.1, 0.15) is 24.8 Å². The van der Waals surface area contributed by atoms with Gasteiger partial charge in [0.1, 0.15) is 0 Å². The van der Waals surface area contributed by atoms with Crippen molar-refractivity contribution in [2.24, 2.45) is 0 Å². The molecular weight excluding hydrogens is 196 g/mol. The van der Waals surface area contributed by atoms with Crippen LogP contribution in [0.2, 0.25) is 0 Å². The van der Waals surface area contributed by atoms with E-state index in [9.17, 15) is 0 Å². The van der Waals surface area contributed by atoms with Crippen molar-refractivity contribution >= 4 is 0 Å². The molecule has 0 amide bonds. The molecule has 2 fully saturated rings. The molecule has 2 heterocycles. The van der Waals surface area contributed by atoms with Gasteiger partial charge >= 0.3 is 0 Å². The lowest BCUT2D eigenvalue weighted by molar-refractivity contribution is 0.109. The number of rotatable bonds is 2. The molecule has 2 atom stereocenters. The van der Waals surface area contributed by atoms with E-state index in [0.717, 1.165) is 6.04 Å². The number of hydrogen-bond donors (Lipinski definition) is 1. The molecule has 2 heteroatoms. The van der Waals surface area contributed by atoms with E-state index in [2.05, 4.69) is 40.5 Å². The van der Waals surface area contributed by atoms with Crippen LogP contribution >= 0.6 is 0 Å². The number of benzene rings is 1. The summed E-state index contributed by atoms with van der Waals surface area (Å²) < 4.78 is 0. The topological polar surface area (TPSA) is 15.3 Å². The summed E-state index contributed by atoms with van der Waals surface area (Å²) >= 11 is 0. The first kappa shape index (κ1) is 10.3. The molecule has 2 aliphatic heterocycles. The zero-order valence-electron chi connectivity index (χ0n) is 9.73. The Morgan fingerprint density at radius 2 is 2.06 bits per heavy atom. The normalized spacial score (nSPS) is 30.2. The summed E-state index contributed by atoms with van der Waals surface area (Å²) in [6.45, 7) is 2.48. The van der Waals surface area contributed by atoms with Crippen LogP contribution in [-0.2, 0) is 6.42 Å². The van der Waals surface area contributed by atoms with E-state index in [1.165, 1.54) is 44.3 Å². The number of nitrogens with one attached hydrogen (secondary N) is 1. The average molecular weight is 216 g/mol. The number of nitrogens with zero attached hydrogens (tertiary/aromatic N) is 1. The van der Waals surface area contributed by atoms with Gasteiger partial charge in [-0.2, -0.15) is 0 Å². The van der Waals surface area contributed by atoms with Crippen LogP contribution in [0.4, 0.5) is 0 Å². The molecule has 2 nitrogen and oxygen atoms in total. The van der Waals surface area contributed by atoms with Gasteiger partial charge in [-0.1, -0.05) is 30.3 Å². The van der Waals surface area contributed by atoms with E-state index < -0.39 is 0 Å². The summed E-state index contributed by atoms with van der Waals surface area (Å²) in [6.07, 6.45) is 5.89. The highest BCUT2D eigenvalue weighted by Gasteiger charge is 2.33. The van der Waals surface area contributed by atoms with Gasteiger partial charge < -0.3 is 5.32 Å². The monoisotopic (exact) mass is 216 g/mol. The van der Waals surface area contributed by atoms with E-state index in [1.54, 1.807) is 0 Å². The Kier molecular flexibility index (Phi) is 2.94. The highest BCUT2D eigenvalue weighted by molar-refractivity contribution is 5.16. The van der Waals surface area contributed by atoms with E-state index in [0.29, 0.717) is 6.17 Å². The lowest BCUT2D eigenvalue weighted by atomic mass is 10.00. The molecule has 86 valence electrons. The Bertz CT molecular complexity index is 336. The van der Waals surface area contributed by atoms with Crippen molar-refractivity contribution in [3.63, 3.8) is 0 Å². The molecule has 0 saturated carbocycles. The van der Waals surface area contributed by atoms with E-state index in [-0.39, 0.29) is 0 Å². The standard InChI is InChI=1S/C14H20N2/c1-2-5-12(6-3-1)11-13-8-9-15-14-7-4-10-16(13)14/h1-3,5-6,13-15H,4,7-11H2. The van der Waals surface area contributed by atoms with Crippen LogP contribution in [0.25, 0.3) is 0 Å². The summed E-state index contributed by atoms with van der Waals surface area (Å²) in [4.78, 5) is 2.68. The molecule has 2 saturated heterocycles. The largest absolute Gasteiger partial charge is 0.302 e. The first-order valence-corrected chi connectivity index (χ1v) is 6.46. The van der Waals surface area contributed by atoms with Crippen LogP contribution in [-0.4, -0.2) is 30.2 Å². The Morgan fingerprint density at radius 1 is 1.19 bits per heavy atom. The van der Waals surface area contributed by atoms with Crippen LogP contribution < -0.4 is 5.32 Å². The van der Waals surface area contributed by atoms with E-state index in [4.69, 9.17) is 0 Å². The summed E-state index contributed by atoms with van der Waals surface area (Å²) in [6, 6.07) is 11.7. The predicted molar refractivity (Wildman–Crippen MR) is 66.3 cm³/mol. The molecule has 1 N–H and O–H groups in total. The predicted octanol–water partition coefficient (Wildman–Crippen LogP) is 2.01. The van der Waals surface area contributed by atoms with Gasteiger partial charge in [0.05, 0.1) is 6.17 Å². The molecule has 0 aliphatic carbocycles. The Hall–Kier alpha value is -0.860. The Morgan fingerprint density at radius 3 is 2.94 bits per heavy atom. The highest BCUT2D eigenvalue weighted by atomic mass is 15.3. The molecule has 0 aromatic heterocycles. The molecular formula is C14H20N2. The molecule has 3 rings (SSSR count). The third kappa shape index (κ3) is 2.00. The van der Waals surface area contributed by atoms with Gasteiger partial charge in [-0.15, -0.1) is 0 Å². The van der Waals surface area contributed by atoms with Crippen LogP contribution in [0.5, 0.6) is 0 Å². The molecule has 2 unspecified atom stereocenters. The van der Waals surface area contributed by atoms with E-state index in [1.807, 2.05) is 0 Å². The SMILES string of the molecule is c1ccc(CC2CCNC3CCCN23)cc1. The van der Waals surface area contributed by atoms with Gasteiger partial charge in [-0.05, 0) is 37.8 Å². The van der Waals surface area contributed by atoms with Gasteiger partial charge in [0.15, 0.2) is 0 Å². The van der Waals surface area contributed by atoms with Crippen molar-refractivity contribution in [1.82, 2.24) is 10.2 Å². The molecule has 0 radical (unpaired) electrons. The lowest BCUT2D eigenvalue weighted by Gasteiger charge is -2.38. The first-order valence-electron chi connectivity index (χ1n) is 6.46. The van der Waals surface area contributed by atoms with Crippen molar-refractivity contribution in [2.45, 2.75) is 37.9 Å². The quantitative estimate of drug-likeness (QED) is 0.813. The van der Waals surface area contributed by atoms with Gasteiger partial charge in [0.2, 0.25) is 0 Å². The fourth-order valence-electron chi connectivity index (χ4n) is 3.13. The summed E-state index contributed by atoms with van der Waals surface area (Å²) in [5, 5.41) is 3.62. The molecule has 1 aromatic rings. The lowest BCUT2D eigenvalue weighted by Crippen LogP contribution is -2.53. The second-order valence-electron chi connectivity index (χ2n) is 4.98. The maximum Gasteiger partial charge on any atom is 0.0600 e. The summed E-state index contributed by atoms with van der Waals surface area (Å²) in [7, 11) is 0. The van der Waals surface area contributed by atoms with Crippen molar-refractivity contribution in [3.05, 3.63) is 35.9 Å². The fourth-order valence-corrected chi connectivity index (χ4v) is 3.13. The van der Waals surface area contributed by atoms with Crippen molar-refractivity contribution in [3.8, 4) is 0 Å². The van der Waals surface area contributed by atoms with Crippen LogP contribution in [0.3, 0.4) is 0 Å². The van der Waals surface area contributed by atoms with Gasteiger partial charge in [-0.3, -0.25) is 4.90 Å². The first-order chi connectivity index (χ1) is 7.93. The highest BCUT2D eigenvalue weighted by Crippen LogP contribution is 2.25. The Labute approximate surface area is 97.6 Å². The second kappa shape index (κ2) is 4.56. The smallest absolute Gasteiger partial charge is 0.0600 e. The molecule has 0 bridgehead atoms. The van der Waals surface area contributed by atoms with Gasteiger partial charge in [0, 0.05) is 12.6 Å². The minimum Gasteiger partial charge on any atom is -0.302 e. The van der Waals surface area contributed by atoms with Crippen molar-refractivity contribution < 1.29 is 0 Å². The number of hydrogen-bond acceptors (Lipinski definition) is 2. The fraction of sp³-hybridized carbons (Fsp3) is 0.571. The average Bonchev–Trinajstić information content (AvgIpc) is 2.80. The van der Waals surface area contributed by atoms with E-state index >= 15 is 0 Å². The van der Waals surface area contributed by atoms with Crippen molar-refractivity contribution in [1.29, 1.82) is 0 Å². The van der Waals surface area contributed by atoms with Gasteiger partial charge in [0.25, 0.3) is 0 Å². The maximum atomic E-state index is 3.62. The zero-order chi connectivity index (χ0) is 10.8. The molecule has 16 heavy (non-hydrogen) atoms. The minimum absolute atomic E-state index is 0.669. The summed E-state index contributed by atoms with van der Waals surface area (Å²) in [5.74, 6) is 0. The molecule has 0 spiro atoms. The number of fused-ring (bicyclic) bond motifs is 1. The maximum absolute atomic E-state index is 3.62. The van der Waals surface area contributed by atoms with Crippen molar-refractivity contribution in [2.75, 3.05) is 13.1 Å². The van der Waals surface area contributed by atoms with Crippen LogP contribution in [0.15, 0.2) is 30.3 Å². The molecule has 1 aromatic carbocycles. The van der Waals surface area contributed by atoms with Gasteiger partial charge in [-0.25, -0.2) is 0 Å². The summed E-state index contributed by atoms with van der Waals surface area (Å²) in [5.41, 5.74) is 1.49. The Balaban J connectivity index is 1.70. The zero-order valence-corrected chi connectivity index (χ0v) is 9.73. The third-order valence-corrected chi connectivity index (χ3v) is 3.93. The minimum atomic E-state index is 0.669. The second-order valence-corrected chi connectivity index (χ2v) is 4.98. The van der Waals surface area contributed by atoms with Crippen LogP contribution in [0, 0.1) is 0 Å².